The van der Waals surface area contributed by atoms with E-state index in [4.69, 9.17) is 4.74 Å². The molecule has 0 saturated carbocycles. The summed E-state index contributed by atoms with van der Waals surface area (Å²) in [4.78, 5) is 24.8. The van der Waals surface area contributed by atoms with E-state index >= 15 is 0 Å². The van der Waals surface area contributed by atoms with Crippen LogP contribution in [-0.4, -0.2) is 48.5 Å². The Labute approximate surface area is 221 Å². The lowest BCUT2D eigenvalue weighted by Crippen LogP contribution is -2.54. The van der Waals surface area contributed by atoms with Crippen LogP contribution in [0, 0.1) is 0 Å². The van der Waals surface area contributed by atoms with Gasteiger partial charge in [-0.05, 0) is 71.9 Å². The molecule has 0 bridgehead atoms. The number of ether oxygens (including phenoxy) is 1. The number of carbonyl (C=O) groups excluding carboxylic acids is 2. The van der Waals surface area contributed by atoms with Crippen LogP contribution >= 0.6 is 0 Å². The Morgan fingerprint density at radius 3 is 2.24 bits per heavy atom. The van der Waals surface area contributed by atoms with E-state index in [1.165, 1.54) is 17.6 Å². The molecule has 1 aliphatic heterocycles. The van der Waals surface area contributed by atoms with Crippen LogP contribution in [0.25, 0.3) is 16.3 Å². The minimum absolute atomic E-state index is 0.00416. The van der Waals surface area contributed by atoms with Crippen LogP contribution in [0.1, 0.15) is 37.7 Å². The molecule has 0 unspecified atom stereocenters. The molecule has 38 heavy (non-hydrogen) atoms. The molecule has 1 fully saturated rings. The molecule has 0 atom stereocenters. The lowest BCUT2D eigenvalue weighted by Gasteiger charge is -2.34. The van der Waals surface area contributed by atoms with Crippen molar-refractivity contribution in [3.63, 3.8) is 0 Å². The van der Waals surface area contributed by atoms with Gasteiger partial charge in [-0.1, -0.05) is 43.0 Å². The lowest BCUT2D eigenvalue weighted by atomic mass is 9.98. The molecule has 10 heteroatoms. The van der Waals surface area contributed by atoms with Crippen molar-refractivity contribution >= 4 is 43.7 Å². The molecule has 1 saturated heterocycles. The fraction of sp³-hybridized carbons (Fsp3) is 0.286. The summed E-state index contributed by atoms with van der Waals surface area (Å²) in [5, 5.41) is 23.9. The number of rotatable bonds is 9. The van der Waals surface area contributed by atoms with Crippen LogP contribution in [-0.2, 0) is 24.2 Å². The maximum atomic E-state index is 13.4. The second-order valence-corrected chi connectivity index (χ2v) is 11.6. The van der Waals surface area contributed by atoms with E-state index < -0.39 is 20.5 Å². The summed E-state index contributed by atoms with van der Waals surface area (Å²) >= 11 is 0. The number of hydrogen-bond donors (Lipinski definition) is 4. The van der Waals surface area contributed by atoms with Crippen molar-refractivity contribution < 1.29 is 33.1 Å². The highest BCUT2D eigenvalue weighted by molar-refractivity contribution is 7.93. The lowest BCUT2D eigenvalue weighted by molar-refractivity contribution is -0.134. The van der Waals surface area contributed by atoms with Gasteiger partial charge < -0.3 is 15.2 Å². The number of nitrogens with one attached hydrogen (secondary N) is 2. The van der Waals surface area contributed by atoms with Gasteiger partial charge in [-0.25, -0.2) is 13.9 Å². The highest BCUT2D eigenvalue weighted by Crippen LogP contribution is 2.36. The van der Waals surface area contributed by atoms with Crippen LogP contribution in [0.15, 0.2) is 72.1 Å². The first-order chi connectivity index (χ1) is 18.2. The van der Waals surface area contributed by atoms with E-state index in [9.17, 15) is 28.3 Å². The standard InChI is InChI=1S/C28H30N2O7S/c1-19(5-4-8-26(32)29-24-17-21-6-2-3-7-22(21)18-25(24)31)20-9-11-23(12-10-20)38(35,36)28(27(33)30-34)13-15-37-16-14-28/h2-3,6-7,9-12,17-18,31,34H,1,4-5,8,13-16H2,(H,29,32)(H,30,33). The molecular weight excluding hydrogens is 508 g/mol. The van der Waals surface area contributed by atoms with Crippen molar-refractivity contribution in [2.24, 2.45) is 0 Å². The molecule has 0 spiro atoms. The van der Waals surface area contributed by atoms with Crippen LogP contribution in [0.5, 0.6) is 5.75 Å². The maximum absolute atomic E-state index is 13.4. The van der Waals surface area contributed by atoms with Crippen molar-refractivity contribution in [2.45, 2.75) is 41.7 Å². The van der Waals surface area contributed by atoms with E-state index in [1.54, 1.807) is 24.3 Å². The van der Waals surface area contributed by atoms with Crippen molar-refractivity contribution in [1.29, 1.82) is 0 Å². The SMILES string of the molecule is C=C(CCCC(=O)Nc1cc2ccccc2cc1O)c1ccc(S(=O)(=O)C2(C(=O)NO)CCOCC2)cc1. The number of sulfone groups is 1. The molecule has 0 radical (unpaired) electrons. The molecule has 200 valence electrons. The van der Waals surface area contributed by atoms with Gasteiger partial charge in [0.1, 0.15) is 5.75 Å². The number of phenols is 1. The summed E-state index contributed by atoms with van der Waals surface area (Å²) in [5.74, 6) is -1.21. The zero-order chi connectivity index (χ0) is 27.3. The quantitative estimate of drug-likeness (QED) is 0.182. The third-order valence-corrected chi connectivity index (χ3v) is 9.44. The minimum Gasteiger partial charge on any atom is -0.506 e. The molecular formula is C28H30N2O7S. The van der Waals surface area contributed by atoms with Crippen LogP contribution in [0.2, 0.25) is 0 Å². The van der Waals surface area contributed by atoms with Gasteiger partial charge in [0.15, 0.2) is 14.6 Å². The number of aromatic hydroxyl groups is 1. The highest BCUT2D eigenvalue weighted by Gasteiger charge is 2.52. The summed E-state index contributed by atoms with van der Waals surface area (Å²) < 4.78 is 30.2. The van der Waals surface area contributed by atoms with E-state index in [1.807, 2.05) is 24.3 Å². The van der Waals surface area contributed by atoms with E-state index in [-0.39, 0.29) is 49.0 Å². The summed E-state index contributed by atoms with van der Waals surface area (Å²) in [6.45, 7) is 4.24. The van der Waals surface area contributed by atoms with Crippen LogP contribution in [0.3, 0.4) is 0 Å². The fourth-order valence-corrected chi connectivity index (χ4v) is 6.60. The average molecular weight is 539 g/mol. The number of allylic oxidation sites excluding steroid dienone is 1. The Bertz CT molecular complexity index is 1460. The van der Waals surface area contributed by atoms with E-state index in [0.717, 1.165) is 16.3 Å². The first-order valence-electron chi connectivity index (χ1n) is 12.2. The molecule has 1 aliphatic rings. The first-order valence-corrected chi connectivity index (χ1v) is 13.7. The Balaban J connectivity index is 1.36. The van der Waals surface area contributed by atoms with Crippen LogP contribution < -0.4 is 10.8 Å². The number of phenolic OH excluding ortho intramolecular Hbond substituents is 1. The molecule has 0 aliphatic carbocycles. The Morgan fingerprint density at radius 2 is 1.61 bits per heavy atom. The Hall–Kier alpha value is -3.73. The van der Waals surface area contributed by atoms with E-state index in [2.05, 4.69) is 11.9 Å². The van der Waals surface area contributed by atoms with E-state index in [0.29, 0.717) is 24.1 Å². The van der Waals surface area contributed by atoms with Gasteiger partial charge in [-0.15, -0.1) is 0 Å². The smallest absolute Gasteiger partial charge is 0.265 e. The minimum atomic E-state index is -4.11. The van der Waals surface area contributed by atoms with Crippen molar-refractivity contribution in [3.05, 3.63) is 72.8 Å². The maximum Gasteiger partial charge on any atom is 0.265 e. The molecule has 9 nitrogen and oxygen atoms in total. The second kappa shape index (κ2) is 11.3. The topological polar surface area (TPSA) is 142 Å². The molecule has 4 N–H and O–H groups in total. The summed E-state index contributed by atoms with van der Waals surface area (Å²) in [6, 6.07) is 16.9. The number of fused-ring (bicyclic) bond motifs is 1. The Morgan fingerprint density at radius 1 is 0.974 bits per heavy atom. The normalized spacial score (nSPS) is 15.1. The van der Waals surface area contributed by atoms with Crippen molar-refractivity contribution in [3.8, 4) is 5.75 Å². The predicted octanol–water partition coefficient (Wildman–Crippen LogP) is 4.20. The van der Waals surface area contributed by atoms with Gasteiger partial charge in [0.05, 0.1) is 10.6 Å². The predicted molar refractivity (Wildman–Crippen MR) is 143 cm³/mol. The monoisotopic (exact) mass is 538 g/mol. The molecule has 2 amide bonds. The van der Waals surface area contributed by atoms with Gasteiger partial charge in [0.2, 0.25) is 5.91 Å². The number of benzene rings is 3. The number of hydroxylamine groups is 1. The summed E-state index contributed by atoms with van der Waals surface area (Å²) in [6.07, 6.45) is 1.08. The number of carbonyl (C=O) groups is 2. The average Bonchev–Trinajstić information content (AvgIpc) is 2.93. The number of amides is 2. The van der Waals surface area contributed by atoms with Gasteiger partial charge in [-0.3, -0.25) is 14.8 Å². The Kier molecular flexibility index (Phi) is 8.15. The fourth-order valence-electron chi connectivity index (χ4n) is 4.66. The van der Waals surface area contributed by atoms with Gasteiger partial charge in [0, 0.05) is 19.6 Å². The molecule has 4 rings (SSSR count). The van der Waals surface area contributed by atoms with Gasteiger partial charge in [0.25, 0.3) is 5.91 Å². The third kappa shape index (κ3) is 5.42. The summed E-state index contributed by atoms with van der Waals surface area (Å²) in [5.41, 5.74) is 3.29. The largest absolute Gasteiger partial charge is 0.506 e. The van der Waals surface area contributed by atoms with Crippen molar-refractivity contribution in [1.82, 2.24) is 5.48 Å². The number of anilines is 1. The zero-order valence-electron chi connectivity index (χ0n) is 20.8. The molecule has 1 heterocycles. The molecule has 3 aromatic rings. The molecule has 3 aromatic carbocycles. The van der Waals surface area contributed by atoms with Crippen LogP contribution in [0.4, 0.5) is 5.69 Å². The van der Waals surface area contributed by atoms with Gasteiger partial charge >= 0.3 is 0 Å². The third-order valence-electron chi connectivity index (χ3n) is 6.92. The second-order valence-electron chi connectivity index (χ2n) is 9.30. The highest BCUT2D eigenvalue weighted by atomic mass is 32.2. The number of hydrogen-bond acceptors (Lipinski definition) is 7. The summed E-state index contributed by atoms with van der Waals surface area (Å²) in [7, 11) is -4.11. The zero-order valence-corrected chi connectivity index (χ0v) is 21.6. The molecule has 0 aromatic heterocycles. The van der Waals surface area contributed by atoms with Gasteiger partial charge in [-0.2, -0.15) is 0 Å². The first kappa shape index (κ1) is 27.3. The van der Waals surface area contributed by atoms with Crippen molar-refractivity contribution in [2.75, 3.05) is 18.5 Å².